The number of para-hydroxylation sites is 1. The van der Waals surface area contributed by atoms with E-state index in [0.29, 0.717) is 17.1 Å². The van der Waals surface area contributed by atoms with Gasteiger partial charge in [-0.25, -0.2) is 8.42 Å². The summed E-state index contributed by atoms with van der Waals surface area (Å²) in [7, 11) is -2.42. The lowest BCUT2D eigenvalue weighted by Gasteiger charge is -2.11. The molecule has 0 unspecified atom stereocenters. The molecule has 0 saturated heterocycles. The van der Waals surface area contributed by atoms with Gasteiger partial charge in [0.25, 0.3) is 15.9 Å². The number of methoxy groups -OCH3 is 1. The minimum absolute atomic E-state index is 0.0524. The molecule has 0 bridgehead atoms. The number of aryl methyl sites for hydroxylation is 2. The van der Waals surface area contributed by atoms with Crippen molar-refractivity contribution in [1.29, 1.82) is 0 Å². The van der Waals surface area contributed by atoms with Gasteiger partial charge in [-0.1, -0.05) is 29.5 Å². The molecule has 0 aliphatic carbocycles. The van der Waals surface area contributed by atoms with Crippen molar-refractivity contribution >= 4 is 43.2 Å². The van der Waals surface area contributed by atoms with Crippen molar-refractivity contribution in [3.05, 3.63) is 94.8 Å². The van der Waals surface area contributed by atoms with Gasteiger partial charge in [-0.3, -0.25) is 9.52 Å². The normalized spacial score (nSPS) is 12.0. The van der Waals surface area contributed by atoms with E-state index in [4.69, 9.17) is 4.74 Å². The molecule has 180 valence electrons. The molecule has 0 aliphatic heterocycles. The van der Waals surface area contributed by atoms with Crippen molar-refractivity contribution < 1.29 is 17.9 Å². The number of nitrogens with zero attached hydrogens (tertiary/aromatic N) is 2. The highest BCUT2D eigenvalue weighted by Crippen LogP contribution is 2.24. The maximum absolute atomic E-state index is 13.3. The van der Waals surface area contributed by atoms with E-state index in [0.717, 1.165) is 21.3 Å². The lowest BCUT2D eigenvalue weighted by Crippen LogP contribution is -2.18. The van der Waals surface area contributed by atoms with E-state index in [1.807, 2.05) is 18.4 Å². The molecule has 7 nitrogen and oxygen atoms in total. The van der Waals surface area contributed by atoms with Crippen LogP contribution >= 0.6 is 11.3 Å². The van der Waals surface area contributed by atoms with E-state index in [-0.39, 0.29) is 16.1 Å². The number of rotatable bonds is 7. The van der Waals surface area contributed by atoms with E-state index in [1.54, 1.807) is 42.5 Å². The number of carbonyl (C=O) groups is 1. The summed E-state index contributed by atoms with van der Waals surface area (Å²) in [4.78, 5) is 18.2. The molecule has 0 atom stereocenters. The summed E-state index contributed by atoms with van der Waals surface area (Å²) in [5, 5.41) is 0. The molecule has 0 aliphatic rings. The minimum Gasteiger partial charge on any atom is -0.497 e. The van der Waals surface area contributed by atoms with Crippen LogP contribution in [0.3, 0.4) is 0 Å². The van der Waals surface area contributed by atoms with E-state index in [2.05, 4.69) is 28.4 Å². The second kappa shape index (κ2) is 9.89. The zero-order chi connectivity index (χ0) is 25.2. The van der Waals surface area contributed by atoms with E-state index in [1.165, 1.54) is 30.6 Å². The molecule has 4 aromatic rings. The van der Waals surface area contributed by atoms with Crippen LogP contribution in [0, 0.1) is 13.8 Å². The number of aromatic nitrogens is 1. The number of allylic oxidation sites excluding steroid dienone is 1. The first-order valence-electron chi connectivity index (χ1n) is 10.8. The van der Waals surface area contributed by atoms with Gasteiger partial charge in [0.15, 0.2) is 4.80 Å². The lowest BCUT2D eigenvalue weighted by molar-refractivity contribution is 0.0998. The van der Waals surface area contributed by atoms with Gasteiger partial charge in [-0.05, 0) is 73.5 Å². The highest BCUT2D eigenvalue weighted by atomic mass is 32.2. The van der Waals surface area contributed by atoms with Gasteiger partial charge < -0.3 is 9.30 Å². The average molecular weight is 508 g/mol. The van der Waals surface area contributed by atoms with Crippen molar-refractivity contribution in [2.24, 2.45) is 4.99 Å². The van der Waals surface area contributed by atoms with Gasteiger partial charge >= 0.3 is 0 Å². The van der Waals surface area contributed by atoms with Gasteiger partial charge in [-0.2, -0.15) is 4.99 Å². The van der Waals surface area contributed by atoms with Crippen molar-refractivity contribution in [1.82, 2.24) is 4.57 Å². The molecule has 0 saturated carbocycles. The first-order chi connectivity index (χ1) is 16.7. The predicted octanol–water partition coefficient (Wildman–Crippen LogP) is 5.06. The van der Waals surface area contributed by atoms with Crippen LogP contribution in [0.15, 0.2) is 83.2 Å². The monoisotopic (exact) mass is 507 g/mol. The minimum atomic E-state index is -3.93. The Bertz CT molecular complexity index is 1600. The van der Waals surface area contributed by atoms with Gasteiger partial charge in [0.2, 0.25) is 0 Å². The van der Waals surface area contributed by atoms with Crippen LogP contribution in [0.1, 0.15) is 21.5 Å². The first kappa shape index (κ1) is 24.4. The fraction of sp³-hybridized carbons (Fsp3) is 0.154. The number of thiazole rings is 1. The maximum atomic E-state index is 13.3. The summed E-state index contributed by atoms with van der Waals surface area (Å²) in [6, 6.07) is 16.6. The van der Waals surface area contributed by atoms with Gasteiger partial charge in [-0.15, -0.1) is 6.58 Å². The zero-order valence-corrected chi connectivity index (χ0v) is 21.2. The summed E-state index contributed by atoms with van der Waals surface area (Å²) >= 11 is 1.41. The number of hydrogen-bond acceptors (Lipinski definition) is 5. The first-order valence-corrected chi connectivity index (χ1v) is 13.1. The van der Waals surface area contributed by atoms with Crippen LogP contribution in [0.5, 0.6) is 5.75 Å². The van der Waals surface area contributed by atoms with Crippen LogP contribution in [0.2, 0.25) is 0 Å². The average Bonchev–Trinajstić information content (AvgIpc) is 3.15. The van der Waals surface area contributed by atoms with Gasteiger partial charge in [0.05, 0.1) is 33.5 Å². The molecule has 4 rings (SSSR count). The second-order valence-corrected chi connectivity index (χ2v) is 10.6. The smallest absolute Gasteiger partial charge is 0.281 e. The molecule has 1 amide bonds. The fourth-order valence-electron chi connectivity index (χ4n) is 3.58. The highest BCUT2D eigenvalue weighted by Gasteiger charge is 2.19. The summed E-state index contributed by atoms with van der Waals surface area (Å²) < 4.78 is 36.4. The van der Waals surface area contributed by atoms with Gasteiger partial charge in [0.1, 0.15) is 5.75 Å². The summed E-state index contributed by atoms with van der Waals surface area (Å²) in [5.41, 5.74) is 3.57. The maximum Gasteiger partial charge on any atom is 0.281 e. The van der Waals surface area contributed by atoms with Crippen molar-refractivity contribution in [2.45, 2.75) is 25.3 Å². The molecular weight excluding hydrogens is 482 g/mol. The Morgan fingerprint density at radius 1 is 1.11 bits per heavy atom. The van der Waals surface area contributed by atoms with Crippen LogP contribution in [-0.4, -0.2) is 26.0 Å². The summed E-state index contributed by atoms with van der Waals surface area (Å²) in [6.45, 7) is 8.39. The van der Waals surface area contributed by atoms with Crippen molar-refractivity contribution in [3.8, 4) is 5.75 Å². The number of hydrogen-bond donors (Lipinski definition) is 1. The lowest BCUT2D eigenvalue weighted by atomic mass is 10.1. The Labute approximate surface area is 208 Å². The molecule has 1 aromatic heterocycles. The van der Waals surface area contributed by atoms with E-state index in [9.17, 15) is 13.2 Å². The number of nitrogens with one attached hydrogen (secondary N) is 1. The van der Waals surface area contributed by atoms with Crippen LogP contribution in [0.25, 0.3) is 10.2 Å². The predicted molar refractivity (Wildman–Crippen MR) is 140 cm³/mol. The Kier molecular flexibility index (Phi) is 6.90. The third-order valence-electron chi connectivity index (χ3n) is 5.58. The number of ether oxygens (including phenoxy) is 1. The summed E-state index contributed by atoms with van der Waals surface area (Å²) in [5.74, 6) is -0.00396. The van der Waals surface area contributed by atoms with E-state index >= 15 is 0 Å². The number of amides is 1. The molecule has 1 N–H and O–H groups in total. The third-order valence-corrected chi connectivity index (χ3v) is 8.00. The Morgan fingerprint density at radius 3 is 2.49 bits per heavy atom. The third kappa shape index (κ3) is 5.06. The molecule has 0 fully saturated rings. The van der Waals surface area contributed by atoms with Crippen molar-refractivity contribution in [3.63, 3.8) is 0 Å². The Hall–Kier alpha value is -3.69. The van der Waals surface area contributed by atoms with Crippen LogP contribution in [-0.2, 0) is 16.6 Å². The molecular formula is C26H25N3O4S2. The SMILES string of the molecule is C=CCn1c(=NC(=O)c2ccccc2NS(=O)(=O)c2ccc(OC)cc2)sc2cc(C)c(C)cc21. The van der Waals surface area contributed by atoms with Gasteiger partial charge in [0, 0.05) is 6.54 Å². The number of fused-ring (bicyclic) bond motifs is 1. The molecule has 35 heavy (non-hydrogen) atoms. The van der Waals surface area contributed by atoms with E-state index < -0.39 is 15.9 Å². The van der Waals surface area contributed by atoms with Crippen LogP contribution < -0.4 is 14.3 Å². The fourth-order valence-corrected chi connectivity index (χ4v) is 5.77. The number of benzene rings is 3. The molecule has 0 spiro atoms. The highest BCUT2D eigenvalue weighted by molar-refractivity contribution is 7.92. The Morgan fingerprint density at radius 2 is 1.80 bits per heavy atom. The quantitative estimate of drug-likeness (QED) is 0.354. The molecule has 1 heterocycles. The molecule has 3 aromatic carbocycles. The standard InChI is InChI=1S/C26H25N3O4S2/c1-5-14-29-23-15-17(2)18(3)16-24(23)34-26(29)27-25(30)21-8-6-7-9-22(21)28-35(31,32)20-12-10-19(33-4)11-13-20/h5-13,15-16,28H,1,14H2,2-4H3. The Balaban J connectivity index is 1.75. The largest absolute Gasteiger partial charge is 0.497 e. The molecule has 0 radical (unpaired) electrons. The number of carbonyl (C=O) groups excluding carboxylic acids is 1. The van der Waals surface area contributed by atoms with Crippen molar-refractivity contribution in [2.75, 3.05) is 11.8 Å². The number of sulfonamides is 1. The summed E-state index contributed by atoms with van der Waals surface area (Å²) in [6.07, 6.45) is 1.75. The van der Waals surface area contributed by atoms with Crippen LogP contribution in [0.4, 0.5) is 5.69 Å². The number of anilines is 1. The molecule has 9 heteroatoms. The topological polar surface area (TPSA) is 89.8 Å². The second-order valence-electron chi connectivity index (χ2n) is 7.93. The zero-order valence-electron chi connectivity index (χ0n) is 19.6.